The molecule has 1 aromatic heterocycles. The molecule has 2 heterocycles. The van der Waals surface area contributed by atoms with Crippen molar-refractivity contribution in [3.8, 4) is 0 Å². The predicted octanol–water partition coefficient (Wildman–Crippen LogP) is 3.03. The summed E-state index contributed by atoms with van der Waals surface area (Å²) in [6, 6.07) is 11.2. The molecule has 0 saturated carbocycles. The van der Waals surface area contributed by atoms with Gasteiger partial charge >= 0.3 is 0 Å². The zero-order valence-electron chi connectivity index (χ0n) is 13.1. The fourth-order valence-electron chi connectivity index (χ4n) is 3.03. The first-order chi connectivity index (χ1) is 12.1. The second kappa shape index (κ2) is 6.33. The van der Waals surface area contributed by atoms with Crippen LogP contribution in [-0.4, -0.2) is 21.9 Å². The molecule has 2 aromatic carbocycles. The van der Waals surface area contributed by atoms with Gasteiger partial charge in [-0.15, -0.1) is 11.8 Å². The molecule has 2 N–H and O–H groups in total. The number of carbonyl (C=O) groups is 1. The fraction of sp³-hybridized carbons (Fsp3) is 0.167. The van der Waals surface area contributed by atoms with E-state index in [0.29, 0.717) is 17.2 Å². The molecule has 4 rings (SSSR count). The first-order valence-electron chi connectivity index (χ1n) is 7.84. The van der Waals surface area contributed by atoms with Gasteiger partial charge in [0.2, 0.25) is 0 Å². The summed E-state index contributed by atoms with van der Waals surface area (Å²) < 4.78 is 13.6. The minimum atomic E-state index is -0.389. The standard InChI is InChI=1S/C18H14FN3O2S/c19-10-5-6-15-13(9-10)14(7-8-25-15)20-18(24)16-11-3-1-2-4-12(11)17(23)22-21-16/h1-6,9,14H,7-8H2,(H,20,24)(H,22,23)/t14-/m1/s1. The van der Waals surface area contributed by atoms with Gasteiger partial charge in [0.15, 0.2) is 5.69 Å². The number of nitrogens with one attached hydrogen (secondary N) is 2. The van der Waals surface area contributed by atoms with Crippen LogP contribution in [0.15, 0.2) is 52.2 Å². The number of nitrogens with zero attached hydrogens (tertiary/aromatic N) is 1. The van der Waals surface area contributed by atoms with Gasteiger partial charge in [-0.25, -0.2) is 9.49 Å². The summed E-state index contributed by atoms with van der Waals surface area (Å²) in [5, 5.41) is 10.1. The summed E-state index contributed by atoms with van der Waals surface area (Å²) in [6.07, 6.45) is 0.703. The number of amides is 1. The quantitative estimate of drug-likeness (QED) is 0.741. The second-order valence-corrected chi connectivity index (χ2v) is 6.93. The lowest BCUT2D eigenvalue weighted by atomic mass is 10.0. The number of aromatic nitrogens is 2. The second-order valence-electron chi connectivity index (χ2n) is 5.79. The van der Waals surface area contributed by atoms with Crippen LogP contribution in [0.2, 0.25) is 0 Å². The van der Waals surface area contributed by atoms with Crippen molar-refractivity contribution in [3.63, 3.8) is 0 Å². The molecule has 0 fully saturated rings. The average Bonchev–Trinajstić information content (AvgIpc) is 2.63. The molecule has 5 nitrogen and oxygen atoms in total. The molecule has 1 atom stereocenters. The zero-order valence-corrected chi connectivity index (χ0v) is 13.9. The molecule has 0 saturated heterocycles. The van der Waals surface area contributed by atoms with Gasteiger partial charge in [-0.1, -0.05) is 18.2 Å². The summed E-state index contributed by atoms with van der Waals surface area (Å²) in [7, 11) is 0. The molecule has 1 aliphatic heterocycles. The number of rotatable bonds is 2. The average molecular weight is 355 g/mol. The van der Waals surface area contributed by atoms with Gasteiger partial charge in [0, 0.05) is 16.0 Å². The molecule has 7 heteroatoms. The molecule has 0 aliphatic carbocycles. The molecule has 1 amide bonds. The largest absolute Gasteiger partial charge is 0.344 e. The number of hydrogen-bond donors (Lipinski definition) is 2. The molecule has 126 valence electrons. The summed E-state index contributed by atoms with van der Waals surface area (Å²) >= 11 is 1.65. The Morgan fingerprint density at radius 3 is 2.88 bits per heavy atom. The lowest BCUT2D eigenvalue weighted by Crippen LogP contribution is -2.32. The SMILES string of the molecule is O=C(N[C@@H]1CCSc2ccc(F)cc21)c1n[nH]c(=O)c2ccccc12. The number of aromatic amines is 1. The molecule has 1 aliphatic rings. The summed E-state index contributed by atoms with van der Waals surface area (Å²) in [4.78, 5) is 25.6. The molecule has 0 bridgehead atoms. The Bertz CT molecular complexity index is 1030. The molecular formula is C18H14FN3O2S. The maximum atomic E-state index is 13.6. The highest BCUT2D eigenvalue weighted by Gasteiger charge is 2.24. The van der Waals surface area contributed by atoms with Crippen LogP contribution in [0, 0.1) is 5.82 Å². The van der Waals surface area contributed by atoms with Crippen LogP contribution in [0.3, 0.4) is 0 Å². The van der Waals surface area contributed by atoms with Crippen LogP contribution < -0.4 is 10.9 Å². The number of thioether (sulfide) groups is 1. The Morgan fingerprint density at radius 2 is 2.04 bits per heavy atom. The Balaban J connectivity index is 1.70. The van der Waals surface area contributed by atoms with E-state index in [2.05, 4.69) is 15.5 Å². The van der Waals surface area contributed by atoms with Crippen LogP contribution in [0.1, 0.15) is 28.5 Å². The van der Waals surface area contributed by atoms with Gasteiger partial charge in [-0.2, -0.15) is 5.10 Å². The summed E-state index contributed by atoms with van der Waals surface area (Å²) in [5.41, 5.74) is 0.596. The molecule has 0 unspecified atom stereocenters. The Hall–Kier alpha value is -2.67. The lowest BCUT2D eigenvalue weighted by Gasteiger charge is -2.26. The van der Waals surface area contributed by atoms with Crippen LogP contribution in [0.5, 0.6) is 0 Å². The topological polar surface area (TPSA) is 74.8 Å². The van der Waals surface area contributed by atoms with Crippen LogP contribution in [0.25, 0.3) is 10.8 Å². The molecular weight excluding hydrogens is 341 g/mol. The summed E-state index contributed by atoms with van der Waals surface area (Å²) in [6.45, 7) is 0. The lowest BCUT2D eigenvalue weighted by molar-refractivity contribution is 0.0930. The highest BCUT2D eigenvalue weighted by Crippen LogP contribution is 2.36. The van der Waals surface area contributed by atoms with E-state index in [1.54, 1.807) is 42.1 Å². The van der Waals surface area contributed by atoms with Gasteiger partial charge < -0.3 is 5.32 Å². The zero-order chi connectivity index (χ0) is 17.4. The van der Waals surface area contributed by atoms with Gasteiger partial charge in [0.25, 0.3) is 11.5 Å². The van der Waals surface area contributed by atoms with Gasteiger partial charge in [0.05, 0.1) is 11.4 Å². The number of hydrogen-bond acceptors (Lipinski definition) is 4. The van der Waals surface area contributed by atoms with E-state index in [1.165, 1.54) is 12.1 Å². The van der Waals surface area contributed by atoms with Crippen LogP contribution >= 0.6 is 11.8 Å². The third-order valence-electron chi connectivity index (χ3n) is 4.23. The number of benzene rings is 2. The Morgan fingerprint density at radius 1 is 1.24 bits per heavy atom. The van der Waals surface area contributed by atoms with Crippen molar-refractivity contribution in [2.24, 2.45) is 0 Å². The van der Waals surface area contributed by atoms with E-state index in [1.807, 2.05) is 0 Å². The number of H-pyrrole nitrogens is 1. The Kier molecular flexibility index (Phi) is 4.01. The normalized spacial score (nSPS) is 16.4. The van der Waals surface area contributed by atoms with E-state index < -0.39 is 0 Å². The van der Waals surface area contributed by atoms with Crippen molar-refractivity contribution < 1.29 is 9.18 Å². The molecule has 3 aromatic rings. The van der Waals surface area contributed by atoms with E-state index in [0.717, 1.165) is 16.2 Å². The molecule has 0 spiro atoms. The number of carbonyl (C=O) groups excluding carboxylic acids is 1. The minimum absolute atomic E-state index is 0.159. The highest BCUT2D eigenvalue weighted by atomic mass is 32.2. The third kappa shape index (κ3) is 2.91. The third-order valence-corrected chi connectivity index (χ3v) is 5.35. The Labute approximate surface area is 146 Å². The maximum Gasteiger partial charge on any atom is 0.272 e. The van der Waals surface area contributed by atoms with E-state index >= 15 is 0 Å². The molecule has 0 radical (unpaired) electrons. The van der Waals surface area contributed by atoms with E-state index in [9.17, 15) is 14.0 Å². The van der Waals surface area contributed by atoms with Crippen molar-refractivity contribution in [3.05, 3.63) is 69.9 Å². The fourth-order valence-corrected chi connectivity index (χ4v) is 4.14. The van der Waals surface area contributed by atoms with Crippen molar-refractivity contribution in [1.29, 1.82) is 0 Å². The van der Waals surface area contributed by atoms with Gasteiger partial charge in [0.1, 0.15) is 5.82 Å². The first-order valence-corrected chi connectivity index (χ1v) is 8.82. The maximum absolute atomic E-state index is 13.6. The minimum Gasteiger partial charge on any atom is -0.344 e. The number of fused-ring (bicyclic) bond motifs is 2. The van der Waals surface area contributed by atoms with E-state index in [-0.39, 0.29) is 29.0 Å². The van der Waals surface area contributed by atoms with Crippen molar-refractivity contribution in [1.82, 2.24) is 15.5 Å². The van der Waals surface area contributed by atoms with E-state index in [4.69, 9.17) is 0 Å². The summed E-state index contributed by atoms with van der Waals surface area (Å²) in [5.74, 6) is 0.122. The number of halogens is 1. The van der Waals surface area contributed by atoms with Crippen LogP contribution in [0.4, 0.5) is 4.39 Å². The monoisotopic (exact) mass is 355 g/mol. The first kappa shape index (κ1) is 15.8. The smallest absolute Gasteiger partial charge is 0.272 e. The highest BCUT2D eigenvalue weighted by molar-refractivity contribution is 7.99. The van der Waals surface area contributed by atoms with Crippen molar-refractivity contribution in [2.75, 3.05) is 5.75 Å². The van der Waals surface area contributed by atoms with Crippen LogP contribution in [-0.2, 0) is 0 Å². The molecule has 25 heavy (non-hydrogen) atoms. The predicted molar refractivity (Wildman–Crippen MR) is 94.3 cm³/mol. The van der Waals surface area contributed by atoms with Gasteiger partial charge in [-0.05, 0) is 36.2 Å². The van der Waals surface area contributed by atoms with Crippen molar-refractivity contribution >= 4 is 28.4 Å². The van der Waals surface area contributed by atoms with Gasteiger partial charge in [-0.3, -0.25) is 9.59 Å². The van der Waals surface area contributed by atoms with Crippen molar-refractivity contribution in [2.45, 2.75) is 17.4 Å².